The van der Waals surface area contributed by atoms with Gasteiger partial charge in [0.15, 0.2) is 0 Å². The highest BCUT2D eigenvalue weighted by Gasteiger charge is 2.17. The second-order valence-corrected chi connectivity index (χ2v) is 6.96. The Morgan fingerprint density at radius 3 is 2.61 bits per heavy atom. The van der Waals surface area contributed by atoms with Gasteiger partial charge in [0.2, 0.25) is 10.0 Å². The van der Waals surface area contributed by atoms with E-state index in [0.717, 1.165) is 0 Å². The molecule has 8 heteroatoms. The van der Waals surface area contributed by atoms with E-state index in [1.807, 2.05) is 10.8 Å². The number of carbonyl (C=O) groups excluding carboxylic acids is 1. The summed E-state index contributed by atoms with van der Waals surface area (Å²) in [6, 6.07) is 11.6. The summed E-state index contributed by atoms with van der Waals surface area (Å²) in [5.41, 5.74) is 0.655. The fourth-order valence-corrected chi connectivity index (χ4v) is 2.85. The predicted molar refractivity (Wildman–Crippen MR) is 87.2 cm³/mol. The minimum absolute atomic E-state index is 0.0667. The Morgan fingerprint density at radius 1 is 1.26 bits per heavy atom. The quantitative estimate of drug-likeness (QED) is 0.803. The Hall–Kier alpha value is -2.12. The number of sulfonamides is 1. The number of nitrogens with one attached hydrogen (secondary N) is 1. The van der Waals surface area contributed by atoms with Crippen LogP contribution in [-0.4, -0.2) is 31.7 Å². The lowest BCUT2D eigenvalue weighted by atomic mass is 10.2. The Bertz CT molecular complexity index is 774. The normalized spacial score (nSPS) is 11.0. The van der Waals surface area contributed by atoms with Crippen LogP contribution >= 0.6 is 11.6 Å². The molecule has 2 rings (SSSR count). The Labute approximate surface area is 139 Å². The number of hydrogen-bond donors (Lipinski definition) is 1. The molecule has 1 heterocycles. The van der Waals surface area contributed by atoms with Gasteiger partial charge in [0, 0.05) is 11.3 Å². The largest absolute Gasteiger partial charge is 0.492 e. The number of amides is 1. The third-order valence-electron chi connectivity index (χ3n) is 2.80. The van der Waals surface area contributed by atoms with Gasteiger partial charge in [-0.2, -0.15) is 0 Å². The lowest BCUT2D eigenvalue weighted by Gasteiger charge is -2.09. The molecule has 0 aliphatic rings. The summed E-state index contributed by atoms with van der Waals surface area (Å²) < 4.78 is 31.1. The van der Waals surface area contributed by atoms with E-state index in [4.69, 9.17) is 16.3 Å². The van der Waals surface area contributed by atoms with E-state index in [2.05, 4.69) is 4.98 Å². The van der Waals surface area contributed by atoms with E-state index in [1.165, 1.54) is 12.1 Å². The van der Waals surface area contributed by atoms with Crippen LogP contribution in [0, 0.1) is 6.92 Å². The molecule has 1 N–H and O–H groups in total. The molecule has 23 heavy (non-hydrogen) atoms. The molecular weight excluding hydrogens is 340 g/mol. The van der Waals surface area contributed by atoms with E-state index in [9.17, 15) is 13.2 Å². The number of rotatable bonds is 6. The van der Waals surface area contributed by atoms with E-state index in [0.29, 0.717) is 11.4 Å². The molecule has 0 radical (unpaired) electrons. The molecule has 0 saturated heterocycles. The summed E-state index contributed by atoms with van der Waals surface area (Å²) in [6.07, 6.45) is 0. The minimum atomic E-state index is -3.81. The second-order valence-electron chi connectivity index (χ2n) is 4.73. The van der Waals surface area contributed by atoms with Gasteiger partial charge < -0.3 is 4.74 Å². The van der Waals surface area contributed by atoms with Crippen molar-refractivity contribution in [2.45, 2.75) is 6.92 Å². The van der Waals surface area contributed by atoms with Gasteiger partial charge in [-0.05, 0) is 31.2 Å². The third-order valence-corrected chi connectivity index (χ3v) is 4.19. The van der Waals surface area contributed by atoms with Crippen LogP contribution in [0.1, 0.15) is 16.1 Å². The van der Waals surface area contributed by atoms with Crippen LogP contribution in [0.3, 0.4) is 0 Å². The zero-order chi connectivity index (χ0) is 16.9. The van der Waals surface area contributed by atoms with Crippen LogP contribution in [0.15, 0.2) is 42.5 Å². The average molecular weight is 355 g/mol. The lowest BCUT2D eigenvalue weighted by Crippen LogP contribution is -2.34. The van der Waals surface area contributed by atoms with Crippen LogP contribution in [0.4, 0.5) is 0 Å². The molecule has 0 aliphatic carbocycles. The van der Waals surface area contributed by atoms with Crippen molar-refractivity contribution in [1.82, 2.24) is 9.71 Å². The first-order chi connectivity index (χ1) is 10.9. The lowest BCUT2D eigenvalue weighted by molar-refractivity contribution is 0.0981. The highest BCUT2D eigenvalue weighted by Crippen LogP contribution is 2.11. The van der Waals surface area contributed by atoms with Crippen LogP contribution in [0.5, 0.6) is 5.75 Å². The Balaban J connectivity index is 1.93. The first-order valence-electron chi connectivity index (χ1n) is 6.72. The van der Waals surface area contributed by atoms with Crippen LogP contribution in [-0.2, 0) is 10.0 Å². The topological polar surface area (TPSA) is 85.4 Å². The van der Waals surface area contributed by atoms with Crippen LogP contribution < -0.4 is 9.46 Å². The fraction of sp³-hybridized carbons (Fsp3) is 0.200. The standard InChI is InChI=1S/C15H15ClN2O4S/c1-11-9-12(10-14(16)17-11)15(19)18-23(20,21)8-7-22-13-5-3-2-4-6-13/h2-6,9-10H,7-8H2,1H3,(H,18,19). The van der Waals surface area contributed by atoms with E-state index in [1.54, 1.807) is 31.2 Å². The highest BCUT2D eigenvalue weighted by atomic mass is 35.5. The van der Waals surface area contributed by atoms with Crippen LogP contribution in [0.2, 0.25) is 5.15 Å². The number of para-hydroxylation sites is 1. The van der Waals surface area contributed by atoms with Crippen molar-refractivity contribution in [1.29, 1.82) is 0 Å². The molecule has 0 spiro atoms. The van der Waals surface area contributed by atoms with E-state index in [-0.39, 0.29) is 23.1 Å². The third kappa shape index (κ3) is 5.54. The number of ether oxygens (including phenoxy) is 1. The number of benzene rings is 1. The first-order valence-corrected chi connectivity index (χ1v) is 8.75. The smallest absolute Gasteiger partial charge is 0.264 e. The average Bonchev–Trinajstić information content (AvgIpc) is 2.46. The number of aromatic nitrogens is 1. The Kier molecular flexibility index (Phi) is 5.57. The molecular formula is C15H15ClN2O4S. The molecule has 0 unspecified atom stereocenters. The second kappa shape index (κ2) is 7.43. The van der Waals surface area contributed by atoms with E-state index < -0.39 is 15.9 Å². The van der Waals surface area contributed by atoms with Gasteiger partial charge >= 0.3 is 0 Å². The van der Waals surface area contributed by atoms with Gasteiger partial charge in [0.1, 0.15) is 23.3 Å². The number of pyridine rings is 1. The van der Waals surface area contributed by atoms with Crippen LogP contribution in [0.25, 0.3) is 0 Å². The molecule has 0 atom stereocenters. The Morgan fingerprint density at radius 2 is 1.96 bits per heavy atom. The first kappa shape index (κ1) is 17.2. The predicted octanol–water partition coefficient (Wildman–Crippen LogP) is 2.18. The SMILES string of the molecule is Cc1cc(C(=O)NS(=O)(=O)CCOc2ccccc2)cc(Cl)n1. The molecule has 0 aliphatic heterocycles. The molecule has 122 valence electrons. The zero-order valence-corrected chi connectivity index (χ0v) is 13.9. The number of hydrogen-bond acceptors (Lipinski definition) is 5. The van der Waals surface area contributed by atoms with Gasteiger partial charge in [-0.1, -0.05) is 29.8 Å². The van der Waals surface area contributed by atoms with Crippen molar-refractivity contribution < 1.29 is 17.9 Å². The molecule has 0 fully saturated rings. The monoisotopic (exact) mass is 354 g/mol. The fourth-order valence-electron chi connectivity index (χ4n) is 1.80. The number of nitrogens with zero attached hydrogens (tertiary/aromatic N) is 1. The molecule has 0 bridgehead atoms. The molecule has 1 aromatic heterocycles. The van der Waals surface area contributed by atoms with Gasteiger partial charge in [-0.25, -0.2) is 18.1 Å². The maximum Gasteiger partial charge on any atom is 0.264 e. The van der Waals surface area contributed by atoms with Crippen molar-refractivity contribution >= 4 is 27.5 Å². The molecule has 1 amide bonds. The summed E-state index contributed by atoms with van der Waals surface area (Å²) in [5.74, 6) is -0.534. The zero-order valence-electron chi connectivity index (χ0n) is 12.3. The number of halogens is 1. The van der Waals surface area contributed by atoms with Gasteiger partial charge in [0.25, 0.3) is 5.91 Å². The van der Waals surface area contributed by atoms with Crippen molar-refractivity contribution in [3.63, 3.8) is 0 Å². The molecule has 0 saturated carbocycles. The summed E-state index contributed by atoms with van der Waals surface area (Å²) in [5, 5.41) is 0.125. The molecule has 2 aromatic rings. The molecule has 6 nitrogen and oxygen atoms in total. The highest BCUT2D eigenvalue weighted by molar-refractivity contribution is 7.90. The summed E-state index contributed by atoms with van der Waals surface area (Å²) in [7, 11) is -3.81. The van der Waals surface area contributed by atoms with Crippen molar-refractivity contribution in [2.24, 2.45) is 0 Å². The minimum Gasteiger partial charge on any atom is -0.492 e. The van der Waals surface area contributed by atoms with Gasteiger partial charge in [-0.15, -0.1) is 0 Å². The molecule has 1 aromatic carbocycles. The van der Waals surface area contributed by atoms with Crippen molar-refractivity contribution in [3.05, 3.63) is 58.9 Å². The summed E-state index contributed by atoms with van der Waals surface area (Å²) in [6.45, 7) is 1.59. The van der Waals surface area contributed by atoms with Crippen molar-refractivity contribution in [2.75, 3.05) is 12.4 Å². The summed E-state index contributed by atoms with van der Waals surface area (Å²) in [4.78, 5) is 15.9. The van der Waals surface area contributed by atoms with E-state index >= 15 is 0 Å². The van der Waals surface area contributed by atoms with Gasteiger partial charge in [0.05, 0.1) is 0 Å². The number of carbonyl (C=O) groups is 1. The summed E-state index contributed by atoms with van der Waals surface area (Å²) >= 11 is 5.76. The number of aryl methyl sites for hydroxylation is 1. The van der Waals surface area contributed by atoms with Crippen molar-refractivity contribution in [3.8, 4) is 5.75 Å². The maximum absolute atomic E-state index is 12.0. The maximum atomic E-state index is 12.0. The van der Waals surface area contributed by atoms with Gasteiger partial charge in [-0.3, -0.25) is 4.79 Å².